The summed E-state index contributed by atoms with van der Waals surface area (Å²) in [7, 11) is 0. The fourth-order valence-electron chi connectivity index (χ4n) is 5.31. The Hall–Kier alpha value is -3.25. The summed E-state index contributed by atoms with van der Waals surface area (Å²) in [5.74, 6) is -3.41. The molecular formula is C28H36BrN5O6. The summed E-state index contributed by atoms with van der Waals surface area (Å²) in [6, 6.07) is 7.61. The number of pyridine rings is 1. The van der Waals surface area contributed by atoms with Gasteiger partial charge in [-0.25, -0.2) is 9.78 Å². The number of hydrogen-bond donors (Lipinski definition) is 2. The number of aliphatic carboxylic acids is 1. The van der Waals surface area contributed by atoms with Gasteiger partial charge in [0.25, 0.3) is 11.8 Å². The summed E-state index contributed by atoms with van der Waals surface area (Å²) in [5, 5.41) is 11.1. The summed E-state index contributed by atoms with van der Waals surface area (Å²) in [6.45, 7) is 11.8. The van der Waals surface area contributed by atoms with E-state index < -0.39 is 41.1 Å². The zero-order valence-electron chi connectivity index (χ0n) is 23.4. The highest BCUT2D eigenvalue weighted by Crippen LogP contribution is 2.34. The van der Waals surface area contributed by atoms with Crippen molar-refractivity contribution in [2.75, 3.05) is 31.6 Å². The molecule has 40 heavy (non-hydrogen) atoms. The van der Waals surface area contributed by atoms with Gasteiger partial charge in [-0.3, -0.25) is 24.7 Å². The van der Waals surface area contributed by atoms with Crippen LogP contribution in [-0.4, -0.2) is 80.6 Å². The zero-order valence-corrected chi connectivity index (χ0v) is 25.0. The number of carbonyl (C=O) groups is 4. The number of aromatic nitrogens is 1. The van der Waals surface area contributed by atoms with E-state index in [2.05, 4.69) is 31.2 Å². The number of anilines is 1. The third-order valence-corrected chi connectivity index (χ3v) is 7.76. The minimum Gasteiger partial charge on any atom is -0.481 e. The number of nitrogens with zero attached hydrogens (tertiary/aromatic N) is 4. The van der Waals surface area contributed by atoms with Crippen LogP contribution in [-0.2, 0) is 25.7 Å². The maximum absolute atomic E-state index is 13.2. The monoisotopic (exact) mass is 617 g/mol. The van der Waals surface area contributed by atoms with E-state index in [1.54, 1.807) is 18.7 Å². The molecule has 2 aliphatic heterocycles. The van der Waals surface area contributed by atoms with Crippen molar-refractivity contribution >= 4 is 56.5 Å². The Morgan fingerprint density at radius 1 is 1.15 bits per heavy atom. The first kappa shape index (κ1) is 29.7. The SMILES string of the molecule is CC(CC(=O)O)C1C(=O)N(Nc2cc(CN3CCN(C(=O)OC(C)(C)C)CC3)c3ccc(Br)cc3n2)C(=O)C1C. The van der Waals surface area contributed by atoms with Gasteiger partial charge in [-0.05, 0) is 50.5 Å². The number of hydrogen-bond acceptors (Lipinski definition) is 8. The van der Waals surface area contributed by atoms with E-state index in [1.807, 2.05) is 45.0 Å². The number of rotatable bonds is 7. The molecule has 0 saturated carbocycles. The molecule has 216 valence electrons. The van der Waals surface area contributed by atoms with Crippen molar-refractivity contribution in [3.63, 3.8) is 0 Å². The number of imide groups is 1. The van der Waals surface area contributed by atoms with Crippen molar-refractivity contribution in [2.24, 2.45) is 17.8 Å². The second kappa shape index (κ2) is 11.7. The molecule has 2 aromatic rings. The number of carboxylic acid groups (broad SMARTS) is 1. The molecule has 0 spiro atoms. The number of hydrazine groups is 1. The van der Waals surface area contributed by atoms with E-state index in [-0.39, 0.29) is 12.5 Å². The van der Waals surface area contributed by atoms with Crippen molar-refractivity contribution in [3.8, 4) is 0 Å². The average molecular weight is 619 g/mol. The van der Waals surface area contributed by atoms with Crippen molar-refractivity contribution in [1.29, 1.82) is 0 Å². The van der Waals surface area contributed by atoms with Crippen LogP contribution in [0.3, 0.4) is 0 Å². The van der Waals surface area contributed by atoms with Crippen molar-refractivity contribution < 1.29 is 29.0 Å². The lowest BCUT2D eigenvalue weighted by Gasteiger charge is -2.35. The fraction of sp³-hybridized carbons (Fsp3) is 0.536. The lowest BCUT2D eigenvalue weighted by molar-refractivity contribution is -0.139. The molecule has 3 atom stereocenters. The quantitative estimate of drug-likeness (QED) is 0.440. The molecule has 2 aliphatic rings. The van der Waals surface area contributed by atoms with Gasteiger partial charge < -0.3 is 14.7 Å². The molecule has 0 radical (unpaired) electrons. The molecule has 0 aliphatic carbocycles. The zero-order chi connectivity index (χ0) is 29.4. The number of carbonyl (C=O) groups excluding carboxylic acids is 3. The van der Waals surface area contributed by atoms with Gasteiger partial charge in [0.05, 0.1) is 11.4 Å². The average Bonchev–Trinajstić information content (AvgIpc) is 3.05. The molecule has 1 aromatic carbocycles. The smallest absolute Gasteiger partial charge is 0.410 e. The summed E-state index contributed by atoms with van der Waals surface area (Å²) in [5.41, 5.74) is 4.00. The minimum absolute atomic E-state index is 0.199. The predicted molar refractivity (Wildman–Crippen MR) is 152 cm³/mol. The number of halogens is 1. The van der Waals surface area contributed by atoms with Gasteiger partial charge in [-0.2, -0.15) is 5.01 Å². The molecule has 2 fully saturated rings. The second-order valence-electron chi connectivity index (χ2n) is 11.6. The number of ether oxygens (including phenoxy) is 1. The van der Waals surface area contributed by atoms with Crippen LogP contribution >= 0.6 is 15.9 Å². The Bertz CT molecular complexity index is 1320. The molecule has 1 aromatic heterocycles. The lowest BCUT2D eigenvalue weighted by Crippen LogP contribution is -2.49. The summed E-state index contributed by atoms with van der Waals surface area (Å²) < 4.78 is 6.34. The topological polar surface area (TPSA) is 132 Å². The maximum atomic E-state index is 13.2. The standard InChI is InChI=1S/C28H36BrN5O6/c1-16(12-23(35)36)24-17(2)25(37)34(26(24)38)31-22-13-18(20-7-6-19(29)14-21(20)30-22)15-32-8-10-33(11-9-32)27(39)40-28(3,4)5/h6-7,13-14,16-17,24H,8-12,15H2,1-5H3,(H,30,31)(H,35,36). The highest BCUT2D eigenvalue weighted by molar-refractivity contribution is 9.10. The van der Waals surface area contributed by atoms with Crippen LogP contribution in [0.5, 0.6) is 0 Å². The first-order chi connectivity index (χ1) is 18.7. The maximum Gasteiger partial charge on any atom is 0.410 e. The molecular weight excluding hydrogens is 582 g/mol. The Kier molecular flexibility index (Phi) is 8.69. The van der Waals surface area contributed by atoms with Gasteiger partial charge in [-0.1, -0.05) is 35.8 Å². The number of amides is 3. The third kappa shape index (κ3) is 6.72. The Labute approximate surface area is 241 Å². The van der Waals surface area contributed by atoms with Gasteiger partial charge in [0.2, 0.25) is 0 Å². The predicted octanol–water partition coefficient (Wildman–Crippen LogP) is 4.11. The number of nitrogens with one attached hydrogen (secondary N) is 1. The van der Waals surface area contributed by atoms with E-state index in [9.17, 15) is 24.3 Å². The van der Waals surface area contributed by atoms with E-state index in [4.69, 9.17) is 4.74 Å². The molecule has 3 heterocycles. The van der Waals surface area contributed by atoms with Crippen LogP contribution in [0, 0.1) is 17.8 Å². The number of piperazine rings is 1. The third-order valence-electron chi connectivity index (χ3n) is 7.27. The van der Waals surface area contributed by atoms with Crippen LogP contribution in [0.2, 0.25) is 0 Å². The van der Waals surface area contributed by atoms with Crippen LogP contribution in [0.1, 0.15) is 46.6 Å². The summed E-state index contributed by atoms with van der Waals surface area (Å²) in [6.07, 6.45) is -0.516. The molecule has 3 amide bonds. The molecule has 12 heteroatoms. The van der Waals surface area contributed by atoms with E-state index in [0.29, 0.717) is 44.1 Å². The Morgan fingerprint density at radius 2 is 1.82 bits per heavy atom. The van der Waals surface area contributed by atoms with Gasteiger partial charge in [0, 0.05) is 54.9 Å². The van der Waals surface area contributed by atoms with Crippen LogP contribution in [0.25, 0.3) is 10.9 Å². The lowest BCUT2D eigenvalue weighted by atomic mass is 9.83. The molecule has 2 saturated heterocycles. The highest BCUT2D eigenvalue weighted by Gasteiger charge is 2.48. The van der Waals surface area contributed by atoms with E-state index in [0.717, 1.165) is 20.4 Å². The Balaban J connectivity index is 1.53. The Morgan fingerprint density at radius 3 is 2.45 bits per heavy atom. The molecule has 4 rings (SSSR count). The van der Waals surface area contributed by atoms with Crippen molar-refractivity contribution in [3.05, 3.63) is 34.3 Å². The largest absolute Gasteiger partial charge is 0.481 e. The highest BCUT2D eigenvalue weighted by atomic mass is 79.9. The van der Waals surface area contributed by atoms with Gasteiger partial charge in [0.15, 0.2) is 0 Å². The number of benzene rings is 1. The van der Waals surface area contributed by atoms with Gasteiger partial charge >= 0.3 is 12.1 Å². The minimum atomic E-state index is -1.01. The second-order valence-corrected chi connectivity index (χ2v) is 12.5. The molecule has 2 N–H and O–H groups in total. The fourth-order valence-corrected chi connectivity index (χ4v) is 5.66. The summed E-state index contributed by atoms with van der Waals surface area (Å²) in [4.78, 5) is 58.5. The molecule has 11 nitrogen and oxygen atoms in total. The van der Waals surface area contributed by atoms with Crippen LogP contribution in [0.15, 0.2) is 28.7 Å². The first-order valence-corrected chi connectivity index (χ1v) is 14.2. The summed E-state index contributed by atoms with van der Waals surface area (Å²) >= 11 is 3.49. The van der Waals surface area contributed by atoms with E-state index >= 15 is 0 Å². The van der Waals surface area contributed by atoms with Gasteiger partial charge in [-0.15, -0.1) is 0 Å². The molecule has 3 unspecified atom stereocenters. The van der Waals surface area contributed by atoms with Crippen LogP contribution < -0.4 is 5.43 Å². The number of fused-ring (bicyclic) bond motifs is 1. The van der Waals surface area contributed by atoms with Gasteiger partial charge in [0.1, 0.15) is 11.4 Å². The van der Waals surface area contributed by atoms with E-state index in [1.165, 1.54) is 0 Å². The number of carboxylic acids is 1. The van der Waals surface area contributed by atoms with Crippen molar-refractivity contribution in [1.82, 2.24) is 19.8 Å². The normalized spacial score (nSPS) is 21.1. The van der Waals surface area contributed by atoms with Crippen molar-refractivity contribution in [2.45, 2.75) is 53.2 Å². The van der Waals surface area contributed by atoms with Crippen LogP contribution in [0.4, 0.5) is 10.6 Å². The molecule has 0 bridgehead atoms. The first-order valence-electron chi connectivity index (χ1n) is 13.4.